The lowest BCUT2D eigenvalue weighted by atomic mass is 10.3. The molecule has 0 bridgehead atoms. The van der Waals surface area contributed by atoms with Crippen molar-refractivity contribution in [2.45, 2.75) is 6.61 Å². The molecule has 3 aromatic rings. The lowest BCUT2D eigenvalue weighted by Gasteiger charge is -2.02. The predicted octanol–water partition coefficient (Wildman–Crippen LogP) is 0.622. The van der Waals surface area contributed by atoms with Crippen LogP contribution < -0.4 is 9.84 Å². The first-order chi connectivity index (χ1) is 9.22. The molecule has 0 unspecified atom stereocenters. The summed E-state index contributed by atoms with van der Waals surface area (Å²) in [6.45, 7) is 0.175. The van der Waals surface area contributed by atoms with Crippen molar-refractivity contribution in [3.63, 3.8) is 0 Å². The highest BCUT2D eigenvalue weighted by atomic mass is 32.1. The van der Waals surface area contributed by atoms with Crippen LogP contribution in [0.25, 0.3) is 11.0 Å². The molecule has 0 radical (unpaired) electrons. The zero-order valence-electron chi connectivity index (χ0n) is 9.40. The van der Waals surface area contributed by atoms with Crippen molar-refractivity contribution >= 4 is 28.3 Å². The monoisotopic (exact) mass is 276 g/mol. The number of ether oxygens (including phenoxy) is 1. The number of carbonyl (C=O) groups excluding carboxylic acids is 1. The largest absolute Gasteiger partial charge is 0.543 e. The summed E-state index contributed by atoms with van der Waals surface area (Å²) in [5, 5.41) is 19.9. The Morgan fingerprint density at radius 2 is 2.21 bits per heavy atom. The zero-order valence-corrected chi connectivity index (χ0v) is 10.2. The van der Waals surface area contributed by atoms with Crippen LogP contribution in [0.1, 0.15) is 15.5 Å². The maximum absolute atomic E-state index is 10.6. The third kappa shape index (κ3) is 2.38. The Hall–Kier alpha value is -2.48. The lowest BCUT2D eigenvalue weighted by Crippen LogP contribution is -2.22. The molecule has 0 N–H and O–H groups in total. The normalized spacial score (nSPS) is 10.7. The summed E-state index contributed by atoms with van der Waals surface area (Å²) in [6, 6.07) is 5.12. The Balaban J connectivity index is 1.72. The van der Waals surface area contributed by atoms with Crippen molar-refractivity contribution in [2.24, 2.45) is 0 Å². The molecule has 0 amide bonds. The molecule has 96 valence electrons. The molecule has 7 nitrogen and oxygen atoms in total. The third-order valence-corrected chi connectivity index (χ3v) is 3.17. The molecule has 3 rings (SSSR count). The molecule has 19 heavy (non-hydrogen) atoms. The minimum absolute atomic E-state index is 0.0836. The molecule has 0 fully saturated rings. The minimum Gasteiger partial charge on any atom is -0.543 e. The number of carboxylic acid groups (broad SMARTS) is 1. The van der Waals surface area contributed by atoms with Crippen LogP contribution in [0.4, 0.5) is 0 Å². The van der Waals surface area contributed by atoms with E-state index in [0.29, 0.717) is 21.8 Å². The first-order valence-electron chi connectivity index (χ1n) is 5.23. The quantitative estimate of drug-likeness (QED) is 0.688. The smallest absolute Gasteiger partial charge is 0.140 e. The van der Waals surface area contributed by atoms with Gasteiger partial charge in [0.15, 0.2) is 0 Å². The lowest BCUT2D eigenvalue weighted by molar-refractivity contribution is -0.255. The number of aromatic nitrogens is 3. The Morgan fingerprint density at radius 1 is 1.37 bits per heavy atom. The van der Waals surface area contributed by atoms with E-state index in [1.807, 2.05) is 0 Å². The van der Waals surface area contributed by atoms with E-state index in [-0.39, 0.29) is 12.3 Å². The second-order valence-corrected chi connectivity index (χ2v) is 4.56. The predicted molar refractivity (Wildman–Crippen MR) is 62.6 cm³/mol. The number of hydrogen-bond donors (Lipinski definition) is 0. The van der Waals surface area contributed by atoms with Crippen molar-refractivity contribution in [2.75, 3.05) is 0 Å². The van der Waals surface area contributed by atoms with E-state index >= 15 is 0 Å². The van der Waals surface area contributed by atoms with Crippen LogP contribution in [0.5, 0.6) is 5.75 Å². The first-order valence-corrected chi connectivity index (χ1v) is 6.11. The van der Waals surface area contributed by atoms with Gasteiger partial charge >= 0.3 is 0 Å². The number of fused-ring (bicyclic) bond motifs is 1. The van der Waals surface area contributed by atoms with E-state index < -0.39 is 5.97 Å². The van der Waals surface area contributed by atoms with E-state index in [1.165, 1.54) is 16.7 Å². The molecule has 0 aliphatic rings. The van der Waals surface area contributed by atoms with Crippen LogP contribution >= 0.6 is 11.3 Å². The van der Waals surface area contributed by atoms with Crippen molar-refractivity contribution in [3.8, 4) is 5.75 Å². The molecule has 0 spiro atoms. The number of rotatable bonds is 4. The molecule has 8 heteroatoms. The molecule has 0 saturated carbocycles. The van der Waals surface area contributed by atoms with Crippen molar-refractivity contribution < 1.29 is 19.3 Å². The van der Waals surface area contributed by atoms with Crippen molar-refractivity contribution in [1.82, 2.24) is 15.3 Å². The van der Waals surface area contributed by atoms with Gasteiger partial charge in [-0.2, -0.15) is 0 Å². The van der Waals surface area contributed by atoms with Crippen LogP contribution in [-0.4, -0.2) is 21.3 Å². The number of nitrogens with zero attached hydrogens (tertiary/aromatic N) is 3. The third-order valence-electron chi connectivity index (χ3n) is 2.35. The SMILES string of the molecule is O=C([O-])c1csc(COc2ccc3nonc3c2)n1. The standard InChI is InChI=1S/C11H7N3O4S/c15-11(16)9-5-19-10(12-9)4-17-6-1-2-7-8(3-6)14-18-13-7/h1-3,5H,4H2,(H,15,16)/p-1. The Labute approximate surface area is 110 Å². The topological polar surface area (TPSA) is 101 Å². The van der Waals surface area contributed by atoms with Gasteiger partial charge in [-0.15, -0.1) is 11.3 Å². The van der Waals surface area contributed by atoms with Crippen LogP contribution in [0.2, 0.25) is 0 Å². The van der Waals surface area contributed by atoms with Crippen molar-refractivity contribution in [1.29, 1.82) is 0 Å². The second kappa shape index (κ2) is 4.65. The minimum atomic E-state index is -1.29. The van der Waals surface area contributed by atoms with Gasteiger partial charge in [-0.1, -0.05) is 0 Å². The molecule has 0 aliphatic heterocycles. The van der Waals surface area contributed by atoms with Gasteiger partial charge in [0.25, 0.3) is 0 Å². The zero-order chi connectivity index (χ0) is 13.2. The van der Waals surface area contributed by atoms with E-state index in [4.69, 9.17) is 4.74 Å². The Bertz CT molecular complexity index is 736. The van der Waals surface area contributed by atoms with Gasteiger partial charge in [0, 0.05) is 11.4 Å². The summed E-state index contributed by atoms with van der Waals surface area (Å²) in [5.74, 6) is -0.717. The molecular weight excluding hydrogens is 270 g/mol. The van der Waals surface area contributed by atoms with E-state index in [0.717, 1.165) is 0 Å². The summed E-state index contributed by atoms with van der Waals surface area (Å²) in [5.41, 5.74) is 1.15. The Morgan fingerprint density at radius 3 is 3.00 bits per heavy atom. The van der Waals surface area contributed by atoms with E-state index in [2.05, 4.69) is 19.9 Å². The van der Waals surface area contributed by atoms with Crippen LogP contribution in [-0.2, 0) is 6.61 Å². The van der Waals surface area contributed by atoms with Gasteiger partial charge < -0.3 is 14.6 Å². The Kier molecular flexibility index (Phi) is 2.84. The highest BCUT2D eigenvalue weighted by Gasteiger charge is 2.05. The maximum atomic E-state index is 10.6. The van der Waals surface area contributed by atoms with Crippen LogP contribution in [0, 0.1) is 0 Å². The summed E-state index contributed by atoms with van der Waals surface area (Å²) in [4.78, 5) is 14.4. The summed E-state index contributed by atoms with van der Waals surface area (Å²) in [6.07, 6.45) is 0. The van der Waals surface area contributed by atoms with Gasteiger partial charge in [0.05, 0.1) is 11.7 Å². The molecule has 1 aromatic carbocycles. The fourth-order valence-corrected chi connectivity index (χ4v) is 2.14. The molecule has 0 saturated heterocycles. The summed E-state index contributed by atoms with van der Waals surface area (Å²) in [7, 11) is 0. The summed E-state index contributed by atoms with van der Waals surface area (Å²) >= 11 is 1.20. The van der Waals surface area contributed by atoms with Crippen LogP contribution in [0.3, 0.4) is 0 Å². The molecule has 0 aliphatic carbocycles. The maximum Gasteiger partial charge on any atom is 0.140 e. The van der Waals surface area contributed by atoms with E-state index in [1.54, 1.807) is 18.2 Å². The molecule has 2 heterocycles. The molecule has 2 aromatic heterocycles. The number of hydrogen-bond acceptors (Lipinski definition) is 8. The number of thiazole rings is 1. The summed E-state index contributed by atoms with van der Waals surface area (Å²) < 4.78 is 10.1. The van der Waals surface area contributed by atoms with Gasteiger partial charge in [-0.05, 0) is 22.4 Å². The average molecular weight is 276 g/mol. The highest BCUT2D eigenvalue weighted by Crippen LogP contribution is 2.19. The van der Waals surface area contributed by atoms with Gasteiger partial charge in [0.2, 0.25) is 0 Å². The van der Waals surface area contributed by atoms with Crippen molar-refractivity contribution in [3.05, 3.63) is 34.3 Å². The fraction of sp³-hybridized carbons (Fsp3) is 0.0909. The molecular formula is C11H6N3O4S-. The average Bonchev–Trinajstić information content (AvgIpc) is 3.04. The number of carbonyl (C=O) groups is 1. The highest BCUT2D eigenvalue weighted by molar-refractivity contribution is 7.09. The number of benzene rings is 1. The molecule has 0 atom stereocenters. The first kappa shape index (κ1) is 11.6. The van der Waals surface area contributed by atoms with Gasteiger partial charge in [-0.25, -0.2) is 9.61 Å². The van der Waals surface area contributed by atoms with Crippen LogP contribution in [0.15, 0.2) is 28.2 Å². The number of carboxylic acids is 1. The van der Waals surface area contributed by atoms with Gasteiger partial charge in [0.1, 0.15) is 28.4 Å². The van der Waals surface area contributed by atoms with Gasteiger partial charge in [-0.3, -0.25) is 0 Å². The number of aromatic carboxylic acids is 1. The fourth-order valence-electron chi connectivity index (χ4n) is 1.47. The second-order valence-electron chi connectivity index (χ2n) is 3.62. The van der Waals surface area contributed by atoms with E-state index in [9.17, 15) is 9.90 Å².